The van der Waals surface area contributed by atoms with E-state index in [4.69, 9.17) is 0 Å². The Kier molecular flexibility index (Phi) is 6.72. The van der Waals surface area contributed by atoms with Crippen LogP contribution in [0.1, 0.15) is 22.2 Å². The molecule has 1 aromatic carbocycles. The fourth-order valence-electron chi connectivity index (χ4n) is 3.54. The van der Waals surface area contributed by atoms with Gasteiger partial charge in [0.25, 0.3) is 0 Å². The number of nitrogens with zero attached hydrogens (tertiary/aromatic N) is 1. The molecule has 0 aliphatic carbocycles. The van der Waals surface area contributed by atoms with Gasteiger partial charge < -0.3 is 10.3 Å². The molecule has 1 saturated heterocycles. The number of hydrogen-bond donors (Lipinski definition) is 2. The first-order valence-corrected chi connectivity index (χ1v) is 8.78. The third kappa shape index (κ3) is 3.48. The maximum Gasteiger partial charge on any atom is 0.0720 e. The van der Waals surface area contributed by atoms with Crippen LogP contribution in [0.25, 0.3) is 10.9 Å². The molecule has 0 radical (unpaired) electrons. The number of fused-ring (bicyclic) bond motifs is 1. The average molecular weight is 384 g/mol. The first kappa shape index (κ1) is 19.3. The molecule has 2 N–H and O–H groups in total. The van der Waals surface area contributed by atoms with Gasteiger partial charge in [0.15, 0.2) is 0 Å². The highest BCUT2D eigenvalue weighted by Crippen LogP contribution is 2.38. The summed E-state index contributed by atoms with van der Waals surface area (Å²) in [7, 11) is 0. The molecule has 0 unspecified atom stereocenters. The minimum Gasteiger partial charge on any atom is -0.358 e. The van der Waals surface area contributed by atoms with Crippen LogP contribution in [0.15, 0.2) is 41.8 Å². The van der Waals surface area contributed by atoms with Gasteiger partial charge in [-0.05, 0) is 24.4 Å². The van der Waals surface area contributed by atoms with Gasteiger partial charge >= 0.3 is 0 Å². The summed E-state index contributed by atoms with van der Waals surface area (Å²) in [6, 6.07) is 13.5. The second-order valence-electron chi connectivity index (χ2n) is 5.91. The van der Waals surface area contributed by atoms with Crippen LogP contribution in [0.5, 0.6) is 0 Å². The zero-order valence-electron chi connectivity index (χ0n) is 13.6. The first-order chi connectivity index (χ1) is 10.8. The number of nitrogens with one attached hydrogen (secondary N) is 2. The van der Waals surface area contributed by atoms with E-state index in [9.17, 15) is 0 Å². The van der Waals surface area contributed by atoms with Crippen molar-refractivity contribution in [3.8, 4) is 0 Å². The molecule has 6 heteroatoms. The summed E-state index contributed by atoms with van der Waals surface area (Å²) in [6.45, 7) is 6.55. The summed E-state index contributed by atoms with van der Waals surface area (Å²) in [6.07, 6.45) is 0. The molecule has 0 bridgehead atoms. The third-order valence-electron chi connectivity index (χ3n) is 4.55. The van der Waals surface area contributed by atoms with E-state index in [-0.39, 0.29) is 24.8 Å². The van der Waals surface area contributed by atoms with E-state index in [0.29, 0.717) is 6.04 Å². The Balaban J connectivity index is 0.00000104. The lowest BCUT2D eigenvalue weighted by Crippen LogP contribution is -2.45. The van der Waals surface area contributed by atoms with E-state index >= 15 is 0 Å². The number of hydrogen-bond acceptors (Lipinski definition) is 3. The van der Waals surface area contributed by atoms with Crippen LogP contribution in [0.4, 0.5) is 0 Å². The minimum atomic E-state index is 0. The standard InChI is InChI=1S/C18H21N3S.2ClH/c1-13-17(14-5-2-3-6-15(14)20-13)18(16-7-4-12-22-16)21-10-8-19-9-11-21;;/h2-7,12,18-20H,8-11H2,1H3;2*1H/t18-;;/m0../s1. The van der Waals surface area contributed by atoms with Crippen molar-refractivity contribution < 1.29 is 0 Å². The Hall–Kier alpha value is -1.04. The zero-order chi connectivity index (χ0) is 14.9. The number of halogens is 2. The van der Waals surface area contributed by atoms with Gasteiger partial charge in [0, 0.05) is 53.2 Å². The zero-order valence-corrected chi connectivity index (χ0v) is 16.1. The van der Waals surface area contributed by atoms with E-state index in [0.717, 1.165) is 26.2 Å². The molecule has 24 heavy (non-hydrogen) atoms. The quantitative estimate of drug-likeness (QED) is 0.702. The number of piperazine rings is 1. The molecular formula is C18H23Cl2N3S. The SMILES string of the molecule is Cc1[nH]c2ccccc2c1[C@H](c1cccs1)N1CCNCC1.Cl.Cl. The summed E-state index contributed by atoms with van der Waals surface area (Å²) in [4.78, 5) is 7.63. The molecule has 1 atom stereocenters. The normalized spacial score (nSPS) is 16.4. The van der Waals surface area contributed by atoms with Crippen molar-refractivity contribution in [3.63, 3.8) is 0 Å². The topological polar surface area (TPSA) is 31.1 Å². The van der Waals surface area contributed by atoms with Crippen LogP contribution in [-0.4, -0.2) is 36.1 Å². The lowest BCUT2D eigenvalue weighted by Gasteiger charge is -2.35. The second-order valence-corrected chi connectivity index (χ2v) is 6.89. The second kappa shape index (κ2) is 8.37. The predicted molar refractivity (Wildman–Crippen MR) is 108 cm³/mol. The fraction of sp³-hybridized carbons (Fsp3) is 0.333. The molecule has 0 amide bonds. The van der Waals surface area contributed by atoms with E-state index in [1.165, 1.54) is 27.0 Å². The lowest BCUT2D eigenvalue weighted by molar-refractivity contribution is 0.201. The van der Waals surface area contributed by atoms with Gasteiger partial charge in [-0.25, -0.2) is 0 Å². The van der Waals surface area contributed by atoms with Crippen molar-refractivity contribution in [2.75, 3.05) is 26.2 Å². The van der Waals surface area contributed by atoms with Crippen molar-refractivity contribution in [2.45, 2.75) is 13.0 Å². The molecule has 0 spiro atoms. The number of rotatable bonds is 3. The number of aromatic nitrogens is 1. The highest BCUT2D eigenvalue weighted by Gasteiger charge is 2.28. The number of benzene rings is 1. The van der Waals surface area contributed by atoms with Crippen molar-refractivity contribution in [1.82, 2.24) is 15.2 Å². The summed E-state index contributed by atoms with van der Waals surface area (Å²) < 4.78 is 0. The molecule has 130 valence electrons. The van der Waals surface area contributed by atoms with Gasteiger partial charge in [-0.3, -0.25) is 4.90 Å². The smallest absolute Gasteiger partial charge is 0.0720 e. The monoisotopic (exact) mass is 383 g/mol. The van der Waals surface area contributed by atoms with Gasteiger partial charge in [-0.15, -0.1) is 36.2 Å². The predicted octanol–water partition coefficient (Wildman–Crippen LogP) is 4.38. The lowest BCUT2D eigenvalue weighted by atomic mass is 9.99. The van der Waals surface area contributed by atoms with Crippen LogP contribution in [-0.2, 0) is 0 Å². The molecule has 2 aromatic heterocycles. The minimum absolute atomic E-state index is 0. The van der Waals surface area contributed by atoms with Gasteiger partial charge in [0.1, 0.15) is 0 Å². The Morgan fingerprint density at radius 2 is 1.79 bits per heavy atom. The van der Waals surface area contributed by atoms with E-state index in [1.807, 2.05) is 11.3 Å². The summed E-state index contributed by atoms with van der Waals surface area (Å²) in [5.74, 6) is 0. The molecule has 4 rings (SSSR count). The molecule has 1 aliphatic heterocycles. The van der Waals surface area contributed by atoms with Crippen LogP contribution in [0.3, 0.4) is 0 Å². The van der Waals surface area contributed by atoms with Gasteiger partial charge in [0.05, 0.1) is 6.04 Å². The third-order valence-corrected chi connectivity index (χ3v) is 5.47. The maximum atomic E-state index is 3.57. The Labute approximate surface area is 159 Å². The molecule has 3 aromatic rings. The highest BCUT2D eigenvalue weighted by molar-refractivity contribution is 7.10. The van der Waals surface area contributed by atoms with Crippen molar-refractivity contribution in [1.29, 1.82) is 0 Å². The summed E-state index contributed by atoms with van der Waals surface area (Å²) in [5, 5.41) is 7.01. The van der Waals surface area contributed by atoms with E-state index in [1.54, 1.807) is 0 Å². The van der Waals surface area contributed by atoms with Crippen LogP contribution < -0.4 is 5.32 Å². The van der Waals surface area contributed by atoms with Gasteiger partial charge in [-0.2, -0.15) is 0 Å². The Morgan fingerprint density at radius 3 is 2.50 bits per heavy atom. The molecule has 1 fully saturated rings. The Bertz CT molecular complexity index is 764. The highest BCUT2D eigenvalue weighted by atomic mass is 35.5. The van der Waals surface area contributed by atoms with Crippen LogP contribution >= 0.6 is 36.2 Å². The summed E-state index contributed by atoms with van der Waals surface area (Å²) in [5.41, 5.74) is 3.98. The molecule has 3 nitrogen and oxygen atoms in total. The van der Waals surface area contributed by atoms with Crippen molar-refractivity contribution >= 4 is 47.1 Å². The van der Waals surface area contributed by atoms with Crippen molar-refractivity contribution in [2.24, 2.45) is 0 Å². The van der Waals surface area contributed by atoms with Crippen LogP contribution in [0, 0.1) is 6.92 Å². The number of H-pyrrole nitrogens is 1. The first-order valence-electron chi connectivity index (χ1n) is 7.90. The number of aryl methyl sites for hydroxylation is 1. The van der Waals surface area contributed by atoms with Gasteiger partial charge in [0.2, 0.25) is 0 Å². The van der Waals surface area contributed by atoms with E-state index < -0.39 is 0 Å². The van der Waals surface area contributed by atoms with E-state index in [2.05, 4.69) is 63.9 Å². The van der Waals surface area contributed by atoms with Crippen molar-refractivity contribution in [3.05, 3.63) is 57.9 Å². The molecule has 3 heterocycles. The number of thiophene rings is 1. The molecular weight excluding hydrogens is 361 g/mol. The summed E-state index contributed by atoms with van der Waals surface area (Å²) >= 11 is 1.86. The molecule has 1 aliphatic rings. The fourth-order valence-corrected chi connectivity index (χ4v) is 4.41. The number of para-hydroxylation sites is 1. The maximum absolute atomic E-state index is 3.57. The number of aromatic amines is 1. The van der Waals surface area contributed by atoms with Crippen LogP contribution in [0.2, 0.25) is 0 Å². The largest absolute Gasteiger partial charge is 0.358 e. The Morgan fingerprint density at radius 1 is 1.04 bits per heavy atom. The van der Waals surface area contributed by atoms with Gasteiger partial charge in [-0.1, -0.05) is 24.3 Å². The average Bonchev–Trinajstić information content (AvgIpc) is 3.18. The molecule has 0 saturated carbocycles.